The summed E-state index contributed by atoms with van der Waals surface area (Å²) in [5, 5.41) is 3.01. The maximum Gasteiger partial charge on any atom is 0.239 e. The number of hydrogen-bond acceptors (Lipinski definition) is 4. The molecule has 5 nitrogen and oxygen atoms in total. The first kappa shape index (κ1) is 12.7. The average Bonchev–Trinajstić information content (AvgIpc) is 2.89. The fourth-order valence-electron chi connectivity index (χ4n) is 2.48. The first-order valence-electron chi connectivity index (χ1n) is 6.05. The highest BCUT2D eigenvalue weighted by Crippen LogP contribution is 2.24. The van der Waals surface area contributed by atoms with Crippen LogP contribution in [0.15, 0.2) is 0 Å². The molecule has 2 unspecified atom stereocenters. The molecule has 0 aromatic heterocycles. The van der Waals surface area contributed by atoms with Gasteiger partial charge in [-0.2, -0.15) is 0 Å². The summed E-state index contributed by atoms with van der Waals surface area (Å²) in [6.07, 6.45) is 3.24. The number of rotatable bonds is 4. The second-order valence-corrected chi connectivity index (χ2v) is 5.63. The van der Waals surface area contributed by atoms with Gasteiger partial charge in [-0.15, -0.1) is 11.8 Å². The monoisotopic (exact) mass is 257 g/mol. The molecule has 0 spiro atoms. The van der Waals surface area contributed by atoms with Crippen LogP contribution in [0.2, 0.25) is 0 Å². The Balaban J connectivity index is 1.78. The lowest BCUT2D eigenvalue weighted by molar-refractivity contribution is -0.132. The van der Waals surface area contributed by atoms with Crippen LogP contribution in [0, 0.1) is 5.92 Å². The smallest absolute Gasteiger partial charge is 0.239 e. The third-order valence-corrected chi connectivity index (χ3v) is 4.41. The minimum absolute atomic E-state index is 0.0498. The standard InChI is InChI=1S/C11H19N3O2S/c12-4-8-2-1-3-9(8)13-10(15)5-14-7-17-6-11(14)16/h8-9H,1-7,12H2,(H,13,15). The quantitative estimate of drug-likeness (QED) is 0.729. The number of hydrogen-bond donors (Lipinski definition) is 2. The molecule has 17 heavy (non-hydrogen) atoms. The van der Waals surface area contributed by atoms with Crippen molar-refractivity contribution in [2.75, 3.05) is 24.7 Å². The molecular formula is C11H19N3O2S. The van der Waals surface area contributed by atoms with Crippen molar-refractivity contribution >= 4 is 23.6 Å². The van der Waals surface area contributed by atoms with E-state index in [-0.39, 0.29) is 24.4 Å². The number of thioether (sulfide) groups is 1. The maximum absolute atomic E-state index is 11.8. The van der Waals surface area contributed by atoms with E-state index >= 15 is 0 Å². The predicted octanol–water partition coefficient (Wildman–Crippen LogP) is -0.237. The van der Waals surface area contributed by atoms with E-state index in [4.69, 9.17) is 5.73 Å². The summed E-state index contributed by atoms with van der Waals surface area (Å²) in [7, 11) is 0. The minimum Gasteiger partial charge on any atom is -0.352 e. The molecule has 2 fully saturated rings. The topological polar surface area (TPSA) is 75.4 Å². The molecular weight excluding hydrogens is 238 g/mol. The van der Waals surface area contributed by atoms with Crippen LogP contribution in [0.25, 0.3) is 0 Å². The average molecular weight is 257 g/mol. The van der Waals surface area contributed by atoms with Crippen LogP contribution in [-0.2, 0) is 9.59 Å². The number of amides is 2. The fourth-order valence-corrected chi connectivity index (χ4v) is 3.38. The molecule has 2 atom stereocenters. The highest BCUT2D eigenvalue weighted by Gasteiger charge is 2.29. The van der Waals surface area contributed by atoms with Crippen molar-refractivity contribution in [3.8, 4) is 0 Å². The van der Waals surface area contributed by atoms with E-state index in [2.05, 4.69) is 5.32 Å². The van der Waals surface area contributed by atoms with Gasteiger partial charge in [0.15, 0.2) is 0 Å². The molecule has 1 saturated carbocycles. The summed E-state index contributed by atoms with van der Waals surface area (Å²) >= 11 is 1.56. The van der Waals surface area contributed by atoms with Gasteiger partial charge in [0.25, 0.3) is 0 Å². The second kappa shape index (κ2) is 5.73. The normalized spacial score (nSPS) is 28.8. The van der Waals surface area contributed by atoms with Crippen LogP contribution in [0.3, 0.4) is 0 Å². The zero-order valence-corrected chi connectivity index (χ0v) is 10.7. The Labute approximate surface area is 105 Å². The summed E-state index contributed by atoms with van der Waals surface area (Å²) in [5.74, 6) is 1.56. The lowest BCUT2D eigenvalue weighted by Crippen LogP contribution is -2.45. The van der Waals surface area contributed by atoms with E-state index < -0.39 is 0 Å². The second-order valence-electron chi connectivity index (χ2n) is 4.67. The minimum atomic E-state index is -0.0498. The number of carbonyl (C=O) groups is 2. The molecule has 0 radical (unpaired) electrons. The Morgan fingerprint density at radius 1 is 1.53 bits per heavy atom. The van der Waals surface area contributed by atoms with Gasteiger partial charge in [-0.1, -0.05) is 6.42 Å². The van der Waals surface area contributed by atoms with Crippen LogP contribution in [0.4, 0.5) is 0 Å². The van der Waals surface area contributed by atoms with Crippen molar-refractivity contribution < 1.29 is 9.59 Å². The summed E-state index contributed by atoms with van der Waals surface area (Å²) in [6.45, 7) is 0.822. The SMILES string of the molecule is NCC1CCCC1NC(=O)CN1CSCC1=O. The summed E-state index contributed by atoms with van der Waals surface area (Å²) in [5.41, 5.74) is 5.67. The molecule has 2 rings (SSSR count). The van der Waals surface area contributed by atoms with Crippen molar-refractivity contribution in [2.24, 2.45) is 11.7 Å². The van der Waals surface area contributed by atoms with Gasteiger partial charge in [0.1, 0.15) is 6.54 Å². The van der Waals surface area contributed by atoms with Gasteiger partial charge in [0, 0.05) is 6.04 Å². The van der Waals surface area contributed by atoms with Gasteiger partial charge in [-0.05, 0) is 25.3 Å². The van der Waals surface area contributed by atoms with Crippen molar-refractivity contribution in [1.29, 1.82) is 0 Å². The molecule has 1 aliphatic carbocycles. The molecule has 2 amide bonds. The summed E-state index contributed by atoms with van der Waals surface area (Å²) in [4.78, 5) is 24.8. The Kier molecular flexibility index (Phi) is 4.28. The molecule has 1 aliphatic heterocycles. The lowest BCUT2D eigenvalue weighted by Gasteiger charge is -2.21. The zero-order chi connectivity index (χ0) is 12.3. The van der Waals surface area contributed by atoms with Crippen LogP contribution < -0.4 is 11.1 Å². The fraction of sp³-hybridized carbons (Fsp3) is 0.818. The molecule has 0 aromatic rings. The Morgan fingerprint density at radius 2 is 2.35 bits per heavy atom. The Bertz CT molecular complexity index is 311. The van der Waals surface area contributed by atoms with Crippen molar-refractivity contribution in [3.63, 3.8) is 0 Å². The molecule has 1 saturated heterocycles. The lowest BCUT2D eigenvalue weighted by atomic mass is 10.0. The number of nitrogens with two attached hydrogens (primary N) is 1. The van der Waals surface area contributed by atoms with Gasteiger partial charge in [0.05, 0.1) is 11.6 Å². The van der Waals surface area contributed by atoms with Crippen LogP contribution >= 0.6 is 11.8 Å². The van der Waals surface area contributed by atoms with E-state index in [1.807, 2.05) is 0 Å². The molecule has 0 bridgehead atoms. The molecule has 96 valence electrons. The molecule has 2 aliphatic rings. The third kappa shape index (κ3) is 3.13. The number of nitrogens with one attached hydrogen (secondary N) is 1. The zero-order valence-electron chi connectivity index (χ0n) is 9.85. The third-order valence-electron chi connectivity index (χ3n) is 3.47. The molecule has 0 aromatic carbocycles. The highest BCUT2D eigenvalue weighted by atomic mass is 32.2. The Hall–Kier alpha value is -0.750. The van der Waals surface area contributed by atoms with Crippen molar-refractivity contribution in [2.45, 2.75) is 25.3 Å². The van der Waals surface area contributed by atoms with Gasteiger partial charge in [-0.3, -0.25) is 9.59 Å². The molecule has 3 N–H and O–H groups in total. The largest absolute Gasteiger partial charge is 0.352 e. The first-order chi connectivity index (χ1) is 8.20. The summed E-state index contributed by atoms with van der Waals surface area (Å²) in [6, 6.07) is 0.206. The van der Waals surface area contributed by atoms with Crippen molar-refractivity contribution in [1.82, 2.24) is 10.2 Å². The summed E-state index contributed by atoms with van der Waals surface area (Å²) < 4.78 is 0. The number of carbonyl (C=O) groups excluding carboxylic acids is 2. The van der Waals surface area contributed by atoms with E-state index in [9.17, 15) is 9.59 Å². The van der Waals surface area contributed by atoms with E-state index in [1.165, 1.54) is 0 Å². The van der Waals surface area contributed by atoms with E-state index in [0.717, 1.165) is 19.3 Å². The van der Waals surface area contributed by atoms with E-state index in [1.54, 1.807) is 16.7 Å². The van der Waals surface area contributed by atoms with Gasteiger partial charge < -0.3 is 16.0 Å². The first-order valence-corrected chi connectivity index (χ1v) is 7.21. The van der Waals surface area contributed by atoms with Gasteiger partial charge in [-0.25, -0.2) is 0 Å². The molecule has 1 heterocycles. The van der Waals surface area contributed by atoms with Gasteiger partial charge in [0.2, 0.25) is 11.8 Å². The van der Waals surface area contributed by atoms with Crippen molar-refractivity contribution in [3.05, 3.63) is 0 Å². The molecule has 6 heteroatoms. The highest BCUT2D eigenvalue weighted by molar-refractivity contribution is 8.00. The maximum atomic E-state index is 11.8. The number of nitrogens with zero attached hydrogens (tertiary/aromatic N) is 1. The van der Waals surface area contributed by atoms with E-state index in [0.29, 0.717) is 24.1 Å². The Morgan fingerprint density at radius 3 is 3.00 bits per heavy atom. The van der Waals surface area contributed by atoms with Crippen LogP contribution in [0.1, 0.15) is 19.3 Å². The predicted molar refractivity (Wildman–Crippen MR) is 67.4 cm³/mol. The van der Waals surface area contributed by atoms with Crippen LogP contribution in [-0.4, -0.2) is 47.5 Å². The van der Waals surface area contributed by atoms with Gasteiger partial charge >= 0.3 is 0 Å². The van der Waals surface area contributed by atoms with Crippen LogP contribution in [0.5, 0.6) is 0 Å².